The molecule has 2 nitrogen and oxygen atoms in total. The van der Waals surface area contributed by atoms with Gasteiger partial charge in [0.2, 0.25) is 0 Å². The summed E-state index contributed by atoms with van der Waals surface area (Å²) in [4.78, 5) is 10.7. The Morgan fingerprint density at radius 3 is 2.28 bits per heavy atom. The number of carboxylic acids is 1. The lowest BCUT2D eigenvalue weighted by Crippen LogP contribution is -2.04. The largest absolute Gasteiger partial charge is 0.480 e. The summed E-state index contributed by atoms with van der Waals surface area (Å²) >= 11 is 5.70. The monoisotopic (exact) mass is 264 g/mol. The number of alkyl halides is 1. The number of carboxylic acid groups (broad SMARTS) is 1. The summed E-state index contributed by atoms with van der Waals surface area (Å²) in [6.07, 6.45) is 0. The molecule has 0 heterocycles. The minimum absolute atomic E-state index is 0.314. The van der Waals surface area contributed by atoms with Crippen LogP contribution >= 0.6 is 11.6 Å². The molecule has 0 saturated heterocycles. The average molecular weight is 265 g/mol. The highest BCUT2D eigenvalue weighted by molar-refractivity contribution is 6.29. The molecule has 0 aromatic heterocycles. The van der Waals surface area contributed by atoms with Crippen LogP contribution in [0.4, 0.5) is 4.39 Å². The van der Waals surface area contributed by atoms with E-state index in [4.69, 9.17) is 16.7 Å². The first kappa shape index (κ1) is 12.6. The van der Waals surface area contributed by atoms with Crippen LogP contribution in [0, 0.1) is 5.82 Å². The van der Waals surface area contributed by atoms with E-state index in [-0.39, 0.29) is 5.82 Å². The minimum atomic E-state index is -1.10. The van der Waals surface area contributed by atoms with Gasteiger partial charge in [0.05, 0.1) is 0 Å². The van der Waals surface area contributed by atoms with E-state index in [0.717, 1.165) is 0 Å². The van der Waals surface area contributed by atoms with Crippen LogP contribution in [-0.4, -0.2) is 11.1 Å². The van der Waals surface area contributed by atoms with Crippen molar-refractivity contribution >= 4 is 17.6 Å². The summed E-state index contributed by atoms with van der Waals surface area (Å²) in [6, 6.07) is 12.9. The summed E-state index contributed by atoms with van der Waals surface area (Å²) in [5.74, 6) is -1.42. The molecule has 18 heavy (non-hydrogen) atoms. The first-order valence-electron chi connectivity index (χ1n) is 5.31. The maximum atomic E-state index is 13.5. The van der Waals surface area contributed by atoms with Gasteiger partial charge >= 0.3 is 5.97 Å². The van der Waals surface area contributed by atoms with Gasteiger partial charge in [0.15, 0.2) is 5.38 Å². The second-order valence-corrected chi connectivity index (χ2v) is 4.24. The van der Waals surface area contributed by atoms with Gasteiger partial charge in [0.1, 0.15) is 5.82 Å². The fraction of sp³-hybridized carbons (Fsp3) is 0.0714. The molecule has 1 atom stereocenters. The molecule has 0 aliphatic carbocycles. The number of aliphatic carboxylic acids is 1. The van der Waals surface area contributed by atoms with Gasteiger partial charge in [-0.1, -0.05) is 42.5 Å². The molecule has 2 rings (SSSR count). The molecule has 0 amide bonds. The number of halogens is 2. The molecule has 2 aromatic rings. The molecule has 1 N–H and O–H groups in total. The van der Waals surface area contributed by atoms with Crippen molar-refractivity contribution in [1.82, 2.24) is 0 Å². The zero-order chi connectivity index (χ0) is 13.1. The third-order valence-corrected chi connectivity index (χ3v) is 3.04. The van der Waals surface area contributed by atoms with Crippen molar-refractivity contribution in [2.75, 3.05) is 0 Å². The summed E-state index contributed by atoms with van der Waals surface area (Å²) in [5.41, 5.74) is 1.64. The zero-order valence-corrected chi connectivity index (χ0v) is 10.1. The number of benzene rings is 2. The summed E-state index contributed by atoms with van der Waals surface area (Å²) < 4.78 is 13.5. The Hall–Kier alpha value is -1.87. The van der Waals surface area contributed by atoms with E-state index in [9.17, 15) is 9.18 Å². The molecule has 0 aliphatic rings. The lowest BCUT2D eigenvalue weighted by molar-refractivity contribution is -0.136. The van der Waals surface area contributed by atoms with E-state index < -0.39 is 11.3 Å². The third-order valence-electron chi connectivity index (χ3n) is 2.61. The zero-order valence-electron chi connectivity index (χ0n) is 9.31. The van der Waals surface area contributed by atoms with Gasteiger partial charge in [-0.25, -0.2) is 4.39 Å². The Balaban J connectivity index is 2.34. The van der Waals surface area contributed by atoms with E-state index in [0.29, 0.717) is 16.7 Å². The van der Waals surface area contributed by atoms with Crippen molar-refractivity contribution in [1.29, 1.82) is 0 Å². The van der Waals surface area contributed by atoms with Crippen molar-refractivity contribution in [2.24, 2.45) is 0 Å². The van der Waals surface area contributed by atoms with E-state index in [1.807, 2.05) is 0 Å². The van der Waals surface area contributed by atoms with Crippen LogP contribution in [-0.2, 0) is 4.79 Å². The van der Waals surface area contributed by atoms with Crippen molar-refractivity contribution in [3.8, 4) is 11.1 Å². The first-order chi connectivity index (χ1) is 8.59. The van der Waals surface area contributed by atoms with Gasteiger partial charge in [-0.15, -0.1) is 11.6 Å². The van der Waals surface area contributed by atoms with Gasteiger partial charge in [-0.05, 0) is 17.2 Å². The molecular formula is C14H10ClFO2. The fourth-order valence-corrected chi connectivity index (χ4v) is 1.82. The predicted octanol–water partition coefficient (Wildman–Crippen LogP) is 3.86. The highest BCUT2D eigenvalue weighted by Gasteiger charge is 2.16. The molecular weight excluding hydrogens is 255 g/mol. The fourth-order valence-electron chi connectivity index (χ4n) is 1.67. The van der Waals surface area contributed by atoms with Crippen LogP contribution in [0.25, 0.3) is 11.1 Å². The van der Waals surface area contributed by atoms with Crippen LogP contribution in [0.3, 0.4) is 0 Å². The van der Waals surface area contributed by atoms with Crippen LogP contribution in [0.15, 0.2) is 48.5 Å². The van der Waals surface area contributed by atoms with Gasteiger partial charge in [0, 0.05) is 5.56 Å². The Bertz CT molecular complexity index is 566. The molecule has 0 aliphatic heterocycles. The van der Waals surface area contributed by atoms with Gasteiger partial charge in [-0.2, -0.15) is 0 Å². The lowest BCUT2D eigenvalue weighted by atomic mass is 10.0. The van der Waals surface area contributed by atoms with Crippen molar-refractivity contribution in [2.45, 2.75) is 5.38 Å². The Kier molecular flexibility index (Phi) is 3.63. The maximum absolute atomic E-state index is 13.5. The predicted molar refractivity (Wildman–Crippen MR) is 68.1 cm³/mol. The highest BCUT2D eigenvalue weighted by atomic mass is 35.5. The smallest absolute Gasteiger partial charge is 0.326 e. The van der Waals surface area contributed by atoms with E-state index in [1.54, 1.807) is 42.5 Å². The second kappa shape index (κ2) is 5.19. The van der Waals surface area contributed by atoms with Gasteiger partial charge in [-0.3, -0.25) is 4.79 Å². The molecule has 0 saturated carbocycles. The van der Waals surface area contributed by atoms with Crippen LogP contribution in [0.1, 0.15) is 10.9 Å². The van der Waals surface area contributed by atoms with Crippen LogP contribution < -0.4 is 0 Å². The quantitative estimate of drug-likeness (QED) is 0.855. The van der Waals surface area contributed by atoms with E-state index in [2.05, 4.69) is 0 Å². The molecule has 2 aromatic carbocycles. The van der Waals surface area contributed by atoms with Gasteiger partial charge in [0.25, 0.3) is 0 Å². The summed E-state index contributed by atoms with van der Waals surface area (Å²) in [5, 5.41) is 7.69. The first-order valence-corrected chi connectivity index (χ1v) is 5.75. The number of hydrogen-bond donors (Lipinski definition) is 1. The number of rotatable bonds is 3. The SMILES string of the molecule is O=C(O)C(Cl)c1ccc(-c2ccccc2F)cc1. The van der Waals surface area contributed by atoms with Crippen molar-refractivity contribution in [3.63, 3.8) is 0 Å². The Labute approximate surface area is 109 Å². The minimum Gasteiger partial charge on any atom is -0.480 e. The van der Waals surface area contributed by atoms with E-state index >= 15 is 0 Å². The van der Waals surface area contributed by atoms with Crippen LogP contribution in [0.2, 0.25) is 0 Å². The molecule has 0 fully saturated rings. The van der Waals surface area contributed by atoms with E-state index in [1.165, 1.54) is 6.07 Å². The molecule has 0 radical (unpaired) electrons. The molecule has 92 valence electrons. The van der Waals surface area contributed by atoms with Crippen LogP contribution in [0.5, 0.6) is 0 Å². The van der Waals surface area contributed by atoms with Crippen molar-refractivity contribution < 1.29 is 14.3 Å². The summed E-state index contributed by atoms with van der Waals surface area (Å²) in [7, 11) is 0. The standard InChI is InChI=1S/C14H10ClFO2/c15-13(14(17)18)10-7-5-9(6-8-10)11-3-1-2-4-12(11)16/h1-8,13H,(H,17,18). The second-order valence-electron chi connectivity index (χ2n) is 3.80. The Morgan fingerprint density at radius 1 is 1.11 bits per heavy atom. The average Bonchev–Trinajstić information content (AvgIpc) is 2.38. The highest BCUT2D eigenvalue weighted by Crippen LogP contribution is 2.26. The molecule has 0 spiro atoms. The van der Waals surface area contributed by atoms with Gasteiger partial charge < -0.3 is 5.11 Å². The molecule has 4 heteroatoms. The molecule has 1 unspecified atom stereocenters. The number of hydrogen-bond acceptors (Lipinski definition) is 1. The summed E-state index contributed by atoms with van der Waals surface area (Å²) in [6.45, 7) is 0. The topological polar surface area (TPSA) is 37.3 Å². The maximum Gasteiger partial charge on any atom is 0.326 e. The Morgan fingerprint density at radius 2 is 1.72 bits per heavy atom. The number of carbonyl (C=O) groups is 1. The van der Waals surface area contributed by atoms with Crippen molar-refractivity contribution in [3.05, 3.63) is 59.9 Å². The third kappa shape index (κ3) is 2.51. The molecule has 0 bridgehead atoms. The normalized spacial score (nSPS) is 12.1. The lowest BCUT2D eigenvalue weighted by Gasteiger charge is -2.07.